The number of furan rings is 1. The van der Waals surface area contributed by atoms with Crippen molar-refractivity contribution in [3.05, 3.63) is 23.7 Å². The topological polar surface area (TPSA) is 45.9 Å². The summed E-state index contributed by atoms with van der Waals surface area (Å²) >= 11 is 0. The lowest BCUT2D eigenvalue weighted by molar-refractivity contribution is 0.0119. The number of ether oxygens (including phenoxy) is 1. The number of hydrogen-bond acceptors (Lipinski definition) is 4. The van der Waals surface area contributed by atoms with Crippen LogP contribution < -0.4 is 0 Å². The van der Waals surface area contributed by atoms with E-state index in [1.165, 1.54) is 0 Å². The second kappa shape index (κ2) is 5.70. The zero-order valence-corrected chi connectivity index (χ0v) is 13.2. The van der Waals surface area contributed by atoms with Crippen LogP contribution in [0.3, 0.4) is 0 Å². The molecule has 3 aliphatic rings. The molecule has 5 nitrogen and oxygen atoms in total. The van der Waals surface area contributed by atoms with Gasteiger partial charge < -0.3 is 14.1 Å². The molecule has 0 aromatic carbocycles. The number of hydrogen-bond donors (Lipinski definition) is 0. The van der Waals surface area contributed by atoms with Crippen molar-refractivity contribution in [2.75, 3.05) is 39.4 Å². The molecule has 1 aromatic rings. The van der Waals surface area contributed by atoms with Crippen LogP contribution in [0.4, 0.5) is 0 Å². The fraction of sp³-hybridized carbons (Fsp3) is 0.706. The number of rotatable bonds is 3. The molecule has 0 unspecified atom stereocenters. The highest BCUT2D eigenvalue weighted by atomic mass is 16.5. The summed E-state index contributed by atoms with van der Waals surface area (Å²) in [6, 6.07) is 2.31. The molecule has 1 amide bonds. The van der Waals surface area contributed by atoms with E-state index in [2.05, 4.69) is 11.8 Å². The van der Waals surface area contributed by atoms with Gasteiger partial charge in [-0.3, -0.25) is 9.69 Å². The van der Waals surface area contributed by atoms with E-state index in [0.29, 0.717) is 17.9 Å². The molecule has 3 heterocycles. The fourth-order valence-corrected chi connectivity index (χ4v) is 3.83. The Kier molecular flexibility index (Phi) is 3.70. The maximum Gasteiger partial charge on any atom is 0.257 e. The van der Waals surface area contributed by atoms with Gasteiger partial charge in [-0.1, -0.05) is 6.92 Å². The third-order valence-electron chi connectivity index (χ3n) is 5.25. The second-order valence-corrected chi connectivity index (χ2v) is 6.88. The molecule has 120 valence electrons. The standard InChI is InChI=1S/C17H24N2O3/c1-12-10-19(11-15(12)18-5-8-21-9-6-18)17(20)14-4-7-22-16(14)13-2-3-13/h4,7,12-13,15H,2-3,5-6,8-11H2,1H3/t12-,15-/m0/s1. The highest BCUT2D eigenvalue weighted by Gasteiger charge is 2.39. The Balaban J connectivity index is 1.46. The van der Waals surface area contributed by atoms with E-state index in [-0.39, 0.29) is 5.91 Å². The van der Waals surface area contributed by atoms with Gasteiger partial charge in [0.25, 0.3) is 5.91 Å². The van der Waals surface area contributed by atoms with E-state index in [0.717, 1.165) is 63.6 Å². The molecule has 2 aliphatic heterocycles. The molecule has 4 rings (SSSR count). The van der Waals surface area contributed by atoms with Crippen LogP contribution in [0.5, 0.6) is 0 Å². The van der Waals surface area contributed by atoms with E-state index in [1.807, 2.05) is 11.0 Å². The molecule has 2 saturated heterocycles. The van der Waals surface area contributed by atoms with E-state index in [9.17, 15) is 4.79 Å². The van der Waals surface area contributed by atoms with Crippen molar-refractivity contribution in [3.63, 3.8) is 0 Å². The molecule has 22 heavy (non-hydrogen) atoms. The lowest BCUT2D eigenvalue weighted by atomic mass is 10.0. The first-order valence-corrected chi connectivity index (χ1v) is 8.42. The Bertz CT molecular complexity index is 546. The molecular formula is C17H24N2O3. The quantitative estimate of drug-likeness (QED) is 0.856. The van der Waals surface area contributed by atoms with Crippen molar-refractivity contribution in [2.24, 2.45) is 5.92 Å². The smallest absolute Gasteiger partial charge is 0.257 e. The molecular weight excluding hydrogens is 280 g/mol. The Hall–Kier alpha value is -1.33. The van der Waals surface area contributed by atoms with Crippen LogP contribution in [0, 0.1) is 5.92 Å². The zero-order chi connectivity index (χ0) is 15.1. The van der Waals surface area contributed by atoms with Gasteiger partial charge in [0.15, 0.2) is 0 Å². The normalized spacial score (nSPS) is 30.0. The lowest BCUT2D eigenvalue weighted by Gasteiger charge is -2.33. The largest absolute Gasteiger partial charge is 0.468 e. The van der Waals surface area contributed by atoms with Crippen LogP contribution >= 0.6 is 0 Å². The molecule has 1 saturated carbocycles. The van der Waals surface area contributed by atoms with E-state index in [4.69, 9.17) is 9.15 Å². The minimum absolute atomic E-state index is 0.151. The average molecular weight is 304 g/mol. The molecule has 1 aliphatic carbocycles. The van der Waals surface area contributed by atoms with Crippen LogP contribution in [0.25, 0.3) is 0 Å². The van der Waals surface area contributed by atoms with Crippen molar-refractivity contribution < 1.29 is 13.9 Å². The molecule has 0 spiro atoms. The maximum atomic E-state index is 12.9. The monoisotopic (exact) mass is 304 g/mol. The van der Waals surface area contributed by atoms with Crippen molar-refractivity contribution in [1.82, 2.24) is 9.80 Å². The molecule has 0 radical (unpaired) electrons. The number of carbonyl (C=O) groups excluding carboxylic acids is 1. The van der Waals surface area contributed by atoms with Crippen LogP contribution in [-0.2, 0) is 4.74 Å². The van der Waals surface area contributed by atoms with Crippen LogP contribution in [-0.4, -0.2) is 61.1 Å². The van der Waals surface area contributed by atoms with E-state index in [1.54, 1.807) is 6.26 Å². The Labute approximate surface area is 131 Å². The third-order valence-corrected chi connectivity index (χ3v) is 5.25. The lowest BCUT2D eigenvalue weighted by Crippen LogP contribution is -2.47. The van der Waals surface area contributed by atoms with Gasteiger partial charge in [0.1, 0.15) is 5.76 Å². The summed E-state index contributed by atoms with van der Waals surface area (Å²) < 4.78 is 11.0. The van der Waals surface area contributed by atoms with Gasteiger partial charge in [-0.2, -0.15) is 0 Å². The first-order valence-electron chi connectivity index (χ1n) is 8.42. The molecule has 3 fully saturated rings. The highest BCUT2D eigenvalue weighted by Crippen LogP contribution is 2.42. The fourth-order valence-electron chi connectivity index (χ4n) is 3.83. The number of carbonyl (C=O) groups is 1. The summed E-state index contributed by atoms with van der Waals surface area (Å²) in [7, 11) is 0. The van der Waals surface area contributed by atoms with E-state index < -0.39 is 0 Å². The summed E-state index contributed by atoms with van der Waals surface area (Å²) in [5.74, 6) is 2.05. The van der Waals surface area contributed by atoms with Gasteiger partial charge in [0, 0.05) is 38.1 Å². The minimum atomic E-state index is 0.151. The van der Waals surface area contributed by atoms with Gasteiger partial charge in [-0.15, -0.1) is 0 Å². The molecule has 1 aromatic heterocycles. The summed E-state index contributed by atoms with van der Waals surface area (Å²) in [4.78, 5) is 17.4. The zero-order valence-electron chi connectivity index (χ0n) is 13.2. The van der Waals surface area contributed by atoms with E-state index >= 15 is 0 Å². The molecule has 0 N–H and O–H groups in total. The van der Waals surface area contributed by atoms with Gasteiger partial charge in [-0.05, 0) is 24.8 Å². The Morgan fingerprint density at radius 1 is 1.23 bits per heavy atom. The SMILES string of the molecule is C[C@H]1CN(C(=O)c2ccoc2C2CC2)C[C@@H]1N1CCOCC1. The number of morpholine rings is 1. The summed E-state index contributed by atoms with van der Waals surface area (Å²) in [5, 5.41) is 0. The summed E-state index contributed by atoms with van der Waals surface area (Å²) in [5.41, 5.74) is 0.789. The second-order valence-electron chi connectivity index (χ2n) is 6.88. The van der Waals surface area contributed by atoms with Gasteiger partial charge in [-0.25, -0.2) is 0 Å². The summed E-state index contributed by atoms with van der Waals surface area (Å²) in [6.45, 7) is 7.51. The van der Waals surface area contributed by atoms with Gasteiger partial charge in [0.05, 0.1) is 25.0 Å². The van der Waals surface area contributed by atoms with Crippen molar-refractivity contribution in [2.45, 2.75) is 31.7 Å². The number of amides is 1. The summed E-state index contributed by atoms with van der Waals surface area (Å²) in [6.07, 6.45) is 3.97. The van der Waals surface area contributed by atoms with Crippen molar-refractivity contribution >= 4 is 5.91 Å². The Morgan fingerprint density at radius 3 is 2.73 bits per heavy atom. The molecule has 0 bridgehead atoms. The average Bonchev–Trinajstić information content (AvgIpc) is 3.14. The Morgan fingerprint density at radius 2 is 2.00 bits per heavy atom. The predicted octanol–water partition coefficient (Wildman–Crippen LogP) is 1.95. The number of nitrogens with zero attached hydrogens (tertiary/aromatic N) is 2. The maximum absolute atomic E-state index is 12.9. The minimum Gasteiger partial charge on any atom is -0.468 e. The van der Waals surface area contributed by atoms with Crippen LogP contribution in [0.2, 0.25) is 0 Å². The number of likely N-dealkylation sites (tertiary alicyclic amines) is 1. The van der Waals surface area contributed by atoms with Gasteiger partial charge >= 0.3 is 0 Å². The van der Waals surface area contributed by atoms with Crippen molar-refractivity contribution in [1.29, 1.82) is 0 Å². The first kappa shape index (κ1) is 14.3. The highest BCUT2D eigenvalue weighted by molar-refractivity contribution is 5.95. The van der Waals surface area contributed by atoms with Crippen LogP contribution in [0.15, 0.2) is 16.7 Å². The third kappa shape index (κ3) is 2.57. The molecule has 2 atom stereocenters. The molecule has 5 heteroatoms. The predicted molar refractivity (Wildman–Crippen MR) is 81.9 cm³/mol. The van der Waals surface area contributed by atoms with Gasteiger partial charge in [0.2, 0.25) is 0 Å². The van der Waals surface area contributed by atoms with Crippen molar-refractivity contribution in [3.8, 4) is 0 Å². The van der Waals surface area contributed by atoms with Crippen LogP contribution in [0.1, 0.15) is 41.8 Å². The first-order chi connectivity index (χ1) is 10.7.